The molecule has 0 unspecified atom stereocenters. The van der Waals surface area contributed by atoms with Gasteiger partial charge in [-0.2, -0.15) is 5.10 Å². The smallest absolute Gasteiger partial charge is 0.119 e. The Balaban J connectivity index is 1.65. The Kier molecular flexibility index (Phi) is 4.25. The number of hydrogen-bond donors (Lipinski definition) is 1. The van der Waals surface area contributed by atoms with E-state index in [1.807, 2.05) is 6.92 Å². The van der Waals surface area contributed by atoms with Gasteiger partial charge in [-0.1, -0.05) is 13.0 Å². The van der Waals surface area contributed by atoms with Crippen LogP contribution >= 0.6 is 0 Å². The van der Waals surface area contributed by atoms with Crippen LogP contribution in [0.25, 0.3) is 0 Å². The van der Waals surface area contributed by atoms with Crippen LogP contribution in [0.1, 0.15) is 35.9 Å². The van der Waals surface area contributed by atoms with Crippen molar-refractivity contribution in [1.82, 2.24) is 15.1 Å². The molecule has 112 valence electrons. The zero-order valence-electron chi connectivity index (χ0n) is 12.9. The molecule has 0 aliphatic carbocycles. The Morgan fingerprint density at radius 1 is 1.29 bits per heavy atom. The molecule has 1 aromatic heterocycles. The molecule has 0 atom stereocenters. The SMILES string of the molecule is CCCOc1ccc2c(c1)CCN(Cc1cc(C)[nH]n1)C2. The molecule has 1 aliphatic rings. The summed E-state index contributed by atoms with van der Waals surface area (Å²) < 4.78 is 5.72. The van der Waals surface area contributed by atoms with Crippen molar-refractivity contribution in [3.8, 4) is 5.75 Å². The molecular weight excluding hydrogens is 262 g/mol. The van der Waals surface area contributed by atoms with Crippen LogP contribution < -0.4 is 4.74 Å². The first-order chi connectivity index (χ1) is 10.2. The highest BCUT2D eigenvalue weighted by Gasteiger charge is 2.17. The lowest BCUT2D eigenvalue weighted by Crippen LogP contribution is -2.30. The van der Waals surface area contributed by atoms with E-state index in [2.05, 4.69) is 46.3 Å². The molecule has 0 saturated carbocycles. The zero-order chi connectivity index (χ0) is 14.7. The maximum absolute atomic E-state index is 5.72. The molecule has 0 bridgehead atoms. The van der Waals surface area contributed by atoms with Crippen molar-refractivity contribution in [2.24, 2.45) is 0 Å². The second-order valence-electron chi connectivity index (χ2n) is 5.78. The number of nitrogens with zero attached hydrogens (tertiary/aromatic N) is 2. The third-order valence-electron chi connectivity index (χ3n) is 3.89. The predicted octanol–water partition coefficient (Wildman–Crippen LogP) is 3.07. The van der Waals surface area contributed by atoms with Gasteiger partial charge in [-0.15, -0.1) is 0 Å². The fourth-order valence-electron chi connectivity index (χ4n) is 2.82. The number of nitrogens with one attached hydrogen (secondary N) is 1. The van der Waals surface area contributed by atoms with Gasteiger partial charge >= 0.3 is 0 Å². The highest BCUT2D eigenvalue weighted by Crippen LogP contribution is 2.24. The van der Waals surface area contributed by atoms with E-state index in [1.165, 1.54) is 11.1 Å². The third kappa shape index (κ3) is 3.45. The Bertz CT molecular complexity index is 606. The number of aromatic nitrogens is 2. The summed E-state index contributed by atoms with van der Waals surface area (Å²) in [6.07, 6.45) is 2.13. The van der Waals surface area contributed by atoms with Crippen LogP contribution in [0.2, 0.25) is 0 Å². The Labute approximate surface area is 126 Å². The molecule has 2 heterocycles. The Hall–Kier alpha value is -1.81. The summed E-state index contributed by atoms with van der Waals surface area (Å²) in [7, 11) is 0. The molecule has 0 saturated heterocycles. The fraction of sp³-hybridized carbons (Fsp3) is 0.471. The summed E-state index contributed by atoms with van der Waals surface area (Å²) in [4.78, 5) is 2.45. The number of hydrogen-bond acceptors (Lipinski definition) is 3. The van der Waals surface area contributed by atoms with Crippen molar-refractivity contribution < 1.29 is 4.74 Å². The molecule has 0 amide bonds. The first-order valence-electron chi connectivity index (χ1n) is 7.72. The van der Waals surface area contributed by atoms with E-state index in [0.29, 0.717) is 0 Å². The summed E-state index contributed by atoms with van der Waals surface area (Å²) in [6, 6.07) is 8.64. The van der Waals surface area contributed by atoms with Crippen molar-refractivity contribution in [2.75, 3.05) is 13.2 Å². The molecule has 0 radical (unpaired) electrons. The van der Waals surface area contributed by atoms with Gasteiger partial charge < -0.3 is 4.74 Å². The molecule has 1 aromatic carbocycles. The van der Waals surface area contributed by atoms with Crippen molar-refractivity contribution >= 4 is 0 Å². The van der Waals surface area contributed by atoms with E-state index in [9.17, 15) is 0 Å². The summed E-state index contributed by atoms with van der Waals surface area (Å²) in [5.41, 5.74) is 5.09. The number of benzene rings is 1. The van der Waals surface area contributed by atoms with Gasteiger partial charge in [0.2, 0.25) is 0 Å². The van der Waals surface area contributed by atoms with Crippen molar-refractivity contribution in [1.29, 1.82) is 0 Å². The lowest BCUT2D eigenvalue weighted by molar-refractivity contribution is 0.241. The number of aromatic amines is 1. The number of fused-ring (bicyclic) bond motifs is 1. The number of aryl methyl sites for hydroxylation is 1. The van der Waals surface area contributed by atoms with Gasteiger partial charge in [0, 0.05) is 25.3 Å². The fourth-order valence-corrected chi connectivity index (χ4v) is 2.82. The van der Waals surface area contributed by atoms with Gasteiger partial charge in [0.1, 0.15) is 5.75 Å². The average Bonchev–Trinajstić information content (AvgIpc) is 2.90. The van der Waals surface area contributed by atoms with Gasteiger partial charge in [-0.3, -0.25) is 10.00 Å². The summed E-state index contributed by atoms with van der Waals surface area (Å²) in [5, 5.41) is 7.34. The van der Waals surface area contributed by atoms with Gasteiger partial charge in [-0.05, 0) is 49.1 Å². The first kappa shape index (κ1) is 14.1. The molecular formula is C17H23N3O. The van der Waals surface area contributed by atoms with Gasteiger partial charge in [0.25, 0.3) is 0 Å². The highest BCUT2D eigenvalue weighted by molar-refractivity contribution is 5.37. The van der Waals surface area contributed by atoms with Crippen LogP contribution in [0.3, 0.4) is 0 Å². The number of rotatable bonds is 5. The normalized spacial score (nSPS) is 15.0. The second-order valence-corrected chi connectivity index (χ2v) is 5.78. The van der Waals surface area contributed by atoms with E-state index in [-0.39, 0.29) is 0 Å². The molecule has 0 fully saturated rings. The topological polar surface area (TPSA) is 41.1 Å². The van der Waals surface area contributed by atoms with Crippen LogP contribution in [-0.2, 0) is 19.5 Å². The lowest BCUT2D eigenvalue weighted by atomic mass is 9.99. The average molecular weight is 285 g/mol. The van der Waals surface area contributed by atoms with Crippen molar-refractivity contribution in [2.45, 2.75) is 39.8 Å². The quantitative estimate of drug-likeness (QED) is 0.918. The van der Waals surface area contributed by atoms with Crippen molar-refractivity contribution in [3.05, 3.63) is 46.8 Å². The van der Waals surface area contributed by atoms with Crippen LogP contribution in [0, 0.1) is 6.92 Å². The predicted molar refractivity (Wildman–Crippen MR) is 83.4 cm³/mol. The zero-order valence-corrected chi connectivity index (χ0v) is 12.9. The first-order valence-corrected chi connectivity index (χ1v) is 7.72. The van der Waals surface area contributed by atoms with E-state index < -0.39 is 0 Å². The van der Waals surface area contributed by atoms with E-state index in [0.717, 1.165) is 56.2 Å². The maximum Gasteiger partial charge on any atom is 0.119 e. The van der Waals surface area contributed by atoms with E-state index in [4.69, 9.17) is 4.74 Å². The van der Waals surface area contributed by atoms with Gasteiger partial charge in [0.05, 0.1) is 12.3 Å². The van der Waals surface area contributed by atoms with Crippen LogP contribution in [0.5, 0.6) is 5.75 Å². The highest BCUT2D eigenvalue weighted by atomic mass is 16.5. The second kappa shape index (κ2) is 6.31. The molecule has 3 rings (SSSR count). The Morgan fingerprint density at radius 2 is 2.19 bits per heavy atom. The minimum atomic E-state index is 0.795. The van der Waals surface area contributed by atoms with Gasteiger partial charge in [-0.25, -0.2) is 0 Å². The maximum atomic E-state index is 5.72. The Morgan fingerprint density at radius 3 is 2.95 bits per heavy atom. The summed E-state index contributed by atoms with van der Waals surface area (Å²) in [6.45, 7) is 7.96. The lowest BCUT2D eigenvalue weighted by Gasteiger charge is -2.28. The molecule has 1 aliphatic heterocycles. The largest absolute Gasteiger partial charge is 0.494 e. The standard InChI is InChI=1S/C17H23N3O/c1-3-8-21-17-5-4-15-11-20(7-6-14(15)10-17)12-16-9-13(2)18-19-16/h4-5,9-10H,3,6-8,11-12H2,1-2H3,(H,18,19). The van der Waals surface area contributed by atoms with E-state index in [1.54, 1.807) is 0 Å². The molecule has 4 heteroatoms. The minimum Gasteiger partial charge on any atom is -0.494 e. The summed E-state index contributed by atoms with van der Waals surface area (Å²) in [5.74, 6) is 1.01. The summed E-state index contributed by atoms with van der Waals surface area (Å²) >= 11 is 0. The third-order valence-corrected chi connectivity index (χ3v) is 3.89. The molecule has 4 nitrogen and oxygen atoms in total. The van der Waals surface area contributed by atoms with Gasteiger partial charge in [0.15, 0.2) is 0 Å². The monoisotopic (exact) mass is 285 g/mol. The van der Waals surface area contributed by atoms with Crippen LogP contribution in [0.15, 0.2) is 24.3 Å². The van der Waals surface area contributed by atoms with Crippen LogP contribution in [-0.4, -0.2) is 28.2 Å². The van der Waals surface area contributed by atoms with Crippen LogP contribution in [0.4, 0.5) is 0 Å². The number of H-pyrrole nitrogens is 1. The number of ether oxygens (including phenoxy) is 1. The minimum absolute atomic E-state index is 0.795. The molecule has 2 aromatic rings. The molecule has 21 heavy (non-hydrogen) atoms. The van der Waals surface area contributed by atoms with E-state index >= 15 is 0 Å². The molecule has 1 N–H and O–H groups in total. The molecule has 0 spiro atoms. The van der Waals surface area contributed by atoms with Crippen molar-refractivity contribution in [3.63, 3.8) is 0 Å².